The van der Waals surface area contributed by atoms with Crippen LogP contribution >= 0.6 is 11.6 Å². The van der Waals surface area contributed by atoms with Crippen molar-refractivity contribution in [2.24, 2.45) is 0 Å². The Bertz CT molecular complexity index is 877. The van der Waals surface area contributed by atoms with Gasteiger partial charge in [-0.1, -0.05) is 0 Å². The monoisotopic (exact) mass is 395 g/mol. The summed E-state index contributed by atoms with van der Waals surface area (Å²) >= 11 is 5.68. The lowest BCUT2D eigenvalue weighted by Crippen LogP contribution is -2.33. The minimum absolute atomic E-state index is 0.0184. The molecular formula is C15H15ClFN7O3. The summed E-state index contributed by atoms with van der Waals surface area (Å²) < 4.78 is 19.6. The lowest BCUT2D eigenvalue weighted by Gasteiger charge is -2.14. The van der Waals surface area contributed by atoms with Crippen LogP contribution in [0.2, 0.25) is 5.28 Å². The molecule has 1 aromatic carbocycles. The van der Waals surface area contributed by atoms with Crippen LogP contribution in [0.1, 0.15) is 6.92 Å². The molecule has 0 unspecified atom stereocenters. The summed E-state index contributed by atoms with van der Waals surface area (Å²) in [5, 5.41) is 5.08. The number of benzene rings is 1. The molecule has 142 valence electrons. The lowest BCUT2D eigenvalue weighted by atomic mass is 10.2. The van der Waals surface area contributed by atoms with Crippen molar-refractivity contribution in [2.75, 3.05) is 29.0 Å². The highest BCUT2D eigenvalue weighted by atomic mass is 35.5. The molecule has 0 aliphatic carbocycles. The van der Waals surface area contributed by atoms with Gasteiger partial charge in [0, 0.05) is 6.92 Å². The summed E-state index contributed by atoms with van der Waals surface area (Å²) in [6, 6.07) is 4.10. The number of nitrogen functional groups attached to an aromatic ring is 1. The second kappa shape index (κ2) is 7.58. The van der Waals surface area contributed by atoms with E-state index < -0.39 is 18.0 Å². The third-order valence-corrected chi connectivity index (χ3v) is 3.76. The highest BCUT2D eigenvalue weighted by Crippen LogP contribution is 2.27. The summed E-state index contributed by atoms with van der Waals surface area (Å²) in [6.07, 6.45) is -1.14. The van der Waals surface area contributed by atoms with E-state index in [4.69, 9.17) is 22.1 Å². The fourth-order valence-electron chi connectivity index (χ4n) is 2.41. The molecule has 2 amide bonds. The molecule has 4 N–H and O–H groups in total. The number of cyclic esters (lactones) is 1. The molecule has 1 aliphatic rings. The van der Waals surface area contributed by atoms with Gasteiger partial charge < -0.3 is 21.1 Å². The highest BCUT2D eigenvalue weighted by molar-refractivity contribution is 6.28. The molecule has 3 rings (SSSR count). The van der Waals surface area contributed by atoms with Gasteiger partial charge in [-0.25, -0.2) is 9.18 Å². The van der Waals surface area contributed by atoms with E-state index in [9.17, 15) is 14.0 Å². The van der Waals surface area contributed by atoms with E-state index in [1.807, 2.05) is 0 Å². The van der Waals surface area contributed by atoms with Gasteiger partial charge in [0.2, 0.25) is 23.1 Å². The Hall–Kier alpha value is -3.21. The molecule has 1 fully saturated rings. The molecule has 0 radical (unpaired) electrons. The van der Waals surface area contributed by atoms with Crippen LogP contribution in [-0.2, 0) is 9.53 Å². The number of halogens is 2. The van der Waals surface area contributed by atoms with Gasteiger partial charge in [0.05, 0.1) is 24.5 Å². The van der Waals surface area contributed by atoms with Crippen molar-refractivity contribution in [2.45, 2.75) is 13.0 Å². The molecule has 12 heteroatoms. The maximum absolute atomic E-state index is 14.4. The number of carbonyl (C=O) groups is 2. The van der Waals surface area contributed by atoms with Crippen LogP contribution in [-0.4, -0.2) is 46.1 Å². The summed E-state index contributed by atoms with van der Waals surface area (Å²) in [6.45, 7) is 1.73. The van der Waals surface area contributed by atoms with E-state index in [0.717, 1.165) is 6.07 Å². The van der Waals surface area contributed by atoms with Gasteiger partial charge in [-0.2, -0.15) is 15.0 Å². The van der Waals surface area contributed by atoms with Crippen molar-refractivity contribution in [3.8, 4) is 0 Å². The Morgan fingerprint density at radius 2 is 2.22 bits per heavy atom. The van der Waals surface area contributed by atoms with E-state index in [0.29, 0.717) is 5.69 Å². The van der Waals surface area contributed by atoms with Gasteiger partial charge in [0.25, 0.3) is 0 Å². The molecule has 1 saturated heterocycles. The summed E-state index contributed by atoms with van der Waals surface area (Å²) in [7, 11) is 0. The smallest absolute Gasteiger partial charge is 0.414 e. The zero-order valence-electron chi connectivity index (χ0n) is 14.1. The fourth-order valence-corrected chi connectivity index (χ4v) is 2.58. The van der Waals surface area contributed by atoms with Crippen LogP contribution in [0.15, 0.2) is 18.2 Å². The third-order valence-electron chi connectivity index (χ3n) is 3.59. The first-order chi connectivity index (χ1) is 12.8. The number of nitrogens with zero attached hydrogens (tertiary/aromatic N) is 4. The van der Waals surface area contributed by atoms with Crippen molar-refractivity contribution < 1.29 is 18.7 Å². The molecule has 2 aromatic rings. The number of nitrogens with one attached hydrogen (secondary N) is 2. The second-order valence-corrected chi connectivity index (χ2v) is 5.97. The predicted molar refractivity (Wildman–Crippen MR) is 95.2 cm³/mol. The number of ether oxygens (including phenoxy) is 1. The van der Waals surface area contributed by atoms with Crippen molar-refractivity contribution >= 4 is 46.9 Å². The van der Waals surface area contributed by atoms with Gasteiger partial charge in [-0.15, -0.1) is 0 Å². The van der Waals surface area contributed by atoms with Crippen molar-refractivity contribution in [3.63, 3.8) is 0 Å². The maximum atomic E-state index is 14.4. The molecule has 10 nitrogen and oxygen atoms in total. The Labute approximate surface area is 157 Å². The standard InChI is InChI=1S/C15H15ClFN7O3/c1-7(25)19-5-9-6-24(15(26)27-9)8-2-3-11(10(17)4-8)20-14-22-12(16)21-13(18)23-14/h2-4,9H,5-6H2,1H3,(H,19,25)(H3,18,20,21,22,23)/t9-/m0/s1. The molecular weight excluding hydrogens is 381 g/mol. The zero-order valence-corrected chi connectivity index (χ0v) is 14.8. The number of aromatic nitrogens is 3. The molecule has 27 heavy (non-hydrogen) atoms. The molecule has 2 heterocycles. The van der Waals surface area contributed by atoms with E-state index in [-0.39, 0.29) is 41.9 Å². The normalized spacial score (nSPS) is 16.2. The first kappa shape index (κ1) is 18.6. The van der Waals surface area contributed by atoms with Crippen LogP contribution in [0.25, 0.3) is 0 Å². The van der Waals surface area contributed by atoms with E-state index in [1.165, 1.54) is 24.0 Å². The van der Waals surface area contributed by atoms with E-state index in [1.54, 1.807) is 0 Å². The lowest BCUT2D eigenvalue weighted by molar-refractivity contribution is -0.119. The number of anilines is 4. The first-order valence-corrected chi connectivity index (χ1v) is 8.16. The van der Waals surface area contributed by atoms with Crippen LogP contribution in [0.5, 0.6) is 0 Å². The minimum atomic E-state index is -0.652. The highest BCUT2D eigenvalue weighted by Gasteiger charge is 2.32. The topological polar surface area (TPSA) is 135 Å². The number of hydrogen-bond donors (Lipinski definition) is 3. The number of nitrogens with two attached hydrogens (primary N) is 1. The predicted octanol–water partition coefficient (Wildman–Crippen LogP) is 1.45. The van der Waals surface area contributed by atoms with E-state index >= 15 is 0 Å². The number of amides is 2. The van der Waals surface area contributed by atoms with Crippen LogP contribution in [0.4, 0.5) is 32.5 Å². The fraction of sp³-hybridized carbons (Fsp3) is 0.267. The summed E-state index contributed by atoms with van der Waals surface area (Å²) in [5.41, 5.74) is 5.83. The third kappa shape index (κ3) is 4.50. The minimum Gasteiger partial charge on any atom is -0.442 e. The average Bonchev–Trinajstić information content (AvgIpc) is 2.95. The van der Waals surface area contributed by atoms with Crippen LogP contribution in [0, 0.1) is 5.82 Å². The maximum Gasteiger partial charge on any atom is 0.414 e. The molecule has 1 aromatic heterocycles. The molecule has 0 bridgehead atoms. The molecule has 0 spiro atoms. The average molecular weight is 396 g/mol. The number of hydrogen-bond acceptors (Lipinski definition) is 8. The van der Waals surface area contributed by atoms with Gasteiger partial charge in [-0.05, 0) is 29.8 Å². The zero-order chi connectivity index (χ0) is 19.6. The van der Waals surface area contributed by atoms with E-state index in [2.05, 4.69) is 25.6 Å². The van der Waals surface area contributed by atoms with Gasteiger partial charge in [0.15, 0.2) is 0 Å². The van der Waals surface area contributed by atoms with Gasteiger partial charge in [0.1, 0.15) is 11.9 Å². The quantitative estimate of drug-likeness (QED) is 0.692. The van der Waals surface area contributed by atoms with Crippen LogP contribution in [0.3, 0.4) is 0 Å². The Morgan fingerprint density at radius 3 is 2.89 bits per heavy atom. The second-order valence-electron chi connectivity index (χ2n) is 5.63. The largest absolute Gasteiger partial charge is 0.442 e. The Balaban J connectivity index is 1.72. The molecule has 1 atom stereocenters. The molecule has 0 saturated carbocycles. The molecule has 1 aliphatic heterocycles. The van der Waals surface area contributed by atoms with Crippen molar-refractivity contribution in [1.82, 2.24) is 20.3 Å². The SMILES string of the molecule is CC(=O)NC[C@H]1CN(c2ccc(Nc3nc(N)nc(Cl)n3)c(F)c2)C(=O)O1. The Morgan fingerprint density at radius 1 is 1.44 bits per heavy atom. The van der Waals surface area contributed by atoms with Gasteiger partial charge >= 0.3 is 6.09 Å². The van der Waals surface area contributed by atoms with Crippen molar-refractivity contribution in [1.29, 1.82) is 0 Å². The van der Waals surface area contributed by atoms with Crippen molar-refractivity contribution in [3.05, 3.63) is 29.3 Å². The summed E-state index contributed by atoms with van der Waals surface area (Å²) in [4.78, 5) is 35.4. The number of rotatable bonds is 5. The Kier molecular flexibility index (Phi) is 5.21. The van der Waals surface area contributed by atoms with Crippen LogP contribution < -0.4 is 21.3 Å². The summed E-state index contributed by atoms with van der Waals surface area (Å²) in [5.74, 6) is -1.01. The first-order valence-electron chi connectivity index (χ1n) is 7.78. The number of carbonyl (C=O) groups excluding carboxylic acids is 2. The van der Waals surface area contributed by atoms with Gasteiger partial charge in [-0.3, -0.25) is 9.69 Å².